The Labute approximate surface area is 107 Å². The standard InChI is InChI=1S/C12H11FN2O2S/c1-7-2-3-8(13)4-10(7)15-12-14-9(6-18-12)5-11(16)17/h2-4,6H,5H2,1H3,(H,14,15)(H,16,17). The number of nitrogens with one attached hydrogen (secondary N) is 1. The number of benzene rings is 1. The van der Waals surface area contributed by atoms with Crippen LogP contribution in [0.4, 0.5) is 15.2 Å². The van der Waals surface area contributed by atoms with Crippen molar-refractivity contribution >= 4 is 28.1 Å². The lowest BCUT2D eigenvalue weighted by Gasteiger charge is -2.06. The summed E-state index contributed by atoms with van der Waals surface area (Å²) in [7, 11) is 0. The fraction of sp³-hybridized carbons (Fsp3) is 0.167. The minimum Gasteiger partial charge on any atom is -0.481 e. The molecule has 6 heteroatoms. The fourth-order valence-electron chi connectivity index (χ4n) is 1.44. The molecule has 4 nitrogen and oxygen atoms in total. The highest BCUT2D eigenvalue weighted by Gasteiger charge is 2.07. The summed E-state index contributed by atoms with van der Waals surface area (Å²) in [6, 6.07) is 4.44. The van der Waals surface area contributed by atoms with E-state index in [-0.39, 0.29) is 12.2 Å². The van der Waals surface area contributed by atoms with Gasteiger partial charge in [0.25, 0.3) is 0 Å². The van der Waals surface area contributed by atoms with Crippen LogP contribution in [0.15, 0.2) is 23.6 Å². The van der Waals surface area contributed by atoms with E-state index < -0.39 is 5.97 Å². The number of aromatic nitrogens is 1. The molecule has 0 amide bonds. The van der Waals surface area contributed by atoms with E-state index in [2.05, 4.69) is 10.3 Å². The van der Waals surface area contributed by atoms with Gasteiger partial charge < -0.3 is 10.4 Å². The quantitative estimate of drug-likeness (QED) is 0.893. The van der Waals surface area contributed by atoms with Gasteiger partial charge in [-0.25, -0.2) is 9.37 Å². The predicted molar refractivity (Wildman–Crippen MR) is 67.9 cm³/mol. The van der Waals surface area contributed by atoms with E-state index in [4.69, 9.17) is 5.11 Å². The maximum atomic E-state index is 13.1. The van der Waals surface area contributed by atoms with E-state index >= 15 is 0 Å². The molecule has 1 heterocycles. The third-order valence-corrected chi connectivity index (χ3v) is 3.13. The molecule has 0 unspecified atom stereocenters. The van der Waals surface area contributed by atoms with E-state index in [1.807, 2.05) is 6.92 Å². The summed E-state index contributed by atoms with van der Waals surface area (Å²) in [5.74, 6) is -1.25. The lowest BCUT2D eigenvalue weighted by molar-refractivity contribution is -0.136. The third-order valence-electron chi connectivity index (χ3n) is 2.33. The second-order valence-corrected chi connectivity index (χ2v) is 4.66. The molecule has 2 rings (SSSR count). The molecule has 0 saturated carbocycles. The average Bonchev–Trinajstić information content (AvgIpc) is 2.70. The predicted octanol–water partition coefficient (Wildman–Crippen LogP) is 2.96. The highest BCUT2D eigenvalue weighted by Crippen LogP contribution is 2.24. The van der Waals surface area contributed by atoms with Crippen molar-refractivity contribution in [3.63, 3.8) is 0 Å². The van der Waals surface area contributed by atoms with Gasteiger partial charge in [0, 0.05) is 11.1 Å². The van der Waals surface area contributed by atoms with Crippen LogP contribution in [0.3, 0.4) is 0 Å². The van der Waals surface area contributed by atoms with Crippen LogP contribution in [-0.4, -0.2) is 16.1 Å². The van der Waals surface area contributed by atoms with Crippen LogP contribution >= 0.6 is 11.3 Å². The number of aryl methyl sites for hydroxylation is 1. The van der Waals surface area contributed by atoms with Gasteiger partial charge in [-0.15, -0.1) is 11.3 Å². The number of hydrogen-bond acceptors (Lipinski definition) is 4. The molecule has 2 N–H and O–H groups in total. The van der Waals surface area contributed by atoms with Crippen molar-refractivity contribution in [1.82, 2.24) is 4.98 Å². The highest BCUT2D eigenvalue weighted by atomic mass is 32.1. The molecule has 94 valence electrons. The van der Waals surface area contributed by atoms with Crippen LogP contribution in [0.5, 0.6) is 0 Å². The zero-order chi connectivity index (χ0) is 13.1. The van der Waals surface area contributed by atoms with E-state index in [9.17, 15) is 9.18 Å². The maximum absolute atomic E-state index is 13.1. The third kappa shape index (κ3) is 3.04. The molecule has 0 aliphatic heterocycles. The average molecular weight is 266 g/mol. The number of carboxylic acid groups (broad SMARTS) is 1. The number of halogens is 1. The number of hydrogen-bond donors (Lipinski definition) is 2. The van der Waals surface area contributed by atoms with Crippen LogP contribution in [0.1, 0.15) is 11.3 Å². The van der Waals surface area contributed by atoms with Crippen LogP contribution in [0.25, 0.3) is 0 Å². The molecule has 2 aromatic rings. The topological polar surface area (TPSA) is 62.2 Å². The summed E-state index contributed by atoms with van der Waals surface area (Å²) in [6.07, 6.45) is -0.111. The molecule has 0 atom stereocenters. The number of nitrogens with zero attached hydrogens (tertiary/aromatic N) is 1. The van der Waals surface area contributed by atoms with E-state index in [0.29, 0.717) is 16.5 Å². The van der Waals surface area contributed by atoms with Gasteiger partial charge in [0.2, 0.25) is 0 Å². The summed E-state index contributed by atoms with van der Waals surface area (Å²) in [5.41, 5.74) is 2.02. The molecule has 0 aliphatic rings. The SMILES string of the molecule is Cc1ccc(F)cc1Nc1nc(CC(=O)O)cs1. The Morgan fingerprint density at radius 2 is 2.33 bits per heavy atom. The summed E-state index contributed by atoms with van der Waals surface area (Å²) in [4.78, 5) is 14.7. The number of thiazole rings is 1. The van der Waals surface area contributed by atoms with Gasteiger partial charge in [-0.05, 0) is 24.6 Å². The Morgan fingerprint density at radius 1 is 1.56 bits per heavy atom. The van der Waals surface area contributed by atoms with Crippen molar-refractivity contribution in [3.8, 4) is 0 Å². The van der Waals surface area contributed by atoms with Gasteiger partial charge in [-0.2, -0.15) is 0 Å². The first-order valence-corrected chi connectivity index (χ1v) is 6.12. The zero-order valence-corrected chi connectivity index (χ0v) is 10.4. The number of rotatable bonds is 4. The molecule has 1 aromatic heterocycles. The van der Waals surface area contributed by atoms with Gasteiger partial charge in [-0.3, -0.25) is 4.79 Å². The van der Waals surface area contributed by atoms with E-state index in [1.54, 1.807) is 11.4 Å². The maximum Gasteiger partial charge on any atom is 0.309 e. The van der Waals surface area contributed by atoms with Crippen molar-refractivity contribution in [3.05, 3.63) is 40.7 Å². The molecule has 18 heavy (non-hydrogen) atoms. The highest BCUT2D eigenvalue weighted by molar-refractivity contribution is 7.13. The first kappa shape index (κ1) is 12.5. The minimum atomic E-state index is -0.922. The largest absolute Gasteiger partial charge is 0.481 e. The second kappa shape index (κ2) is 5.14. The second-order valence-electron chi connectivity index (χ2n) is 3.80. The van der Waals surface area contributed by atoms with Gasteiger partial charge in [0.05, 0.1) is 12.1 Å². The summed E-state index contributed by atoms with van der Waals surface area (Å²) >= 11 is 1.29. The van der Waals surface area contributed by atoms with Crippen LogP contribution in [0, 0.1) is 12.7 Å². The van der Waals surface area contributed by atoms with Gasteiger partial charge >= 0.3 is 5.97 Å². The molecular formula is C12H11FN2O2S. The van der Waals surface area contributed by atoms with Crippen molar-refractivity contribution in [2.75, 3.05) is 5.32 Å². The molecule has 0 spiro atoms. The Bertz CT molecular complexity index is 583. The lowest BCUT2D eigenvalue weighted by atomic mass is 10.2. The molecule has 0 radical (unpaired) electrons. The lowest BCUT2D eigenvalue weighted by Crippen LogP contribution is -2.00. The Balaban J connectivity index is 2.16. The number of carbonyl (C=O) groups is 1. The van der Waals surface area contributed by atoms with Crippen molar-refractivity contribution in [2.24, 2.45) is 0 Å². The monoisotopic (exact) mass is 266 g/mol. The molecule has 0 aliphatic carbocycles. The Kier molecular flexibility index (Phi) is 3.57. The first-order valence-electron chi connectivity index (χ1n) is 5.24. The summed E-state index contributed by atoms with van der Waals surface area (Å²) in [6.45, 7) is 1.85. The normalized spacial score (nSPS) is 10.3. The van der Waals surface area contributed by atoms with Gasteiger partial charge in [0.1, 0.15) is 5.82 Å². The Morgan fingerprint density at radius 3 is 3.06 bits per heavy atom. The van der Waals surface area contributed by atoms with Crippen molar-refractivity contribution in [2.45, 2.75) is 13.3 Å². The number of carboxylic acids is 1. The van der Waals surface area contributed by atoms with E-state index in [1.165, 1.54) is 23.5 Å². The van der Waals surface area contributed by atoms with Gasteiger partial charge in [-0.1, -0.05) is 6.07 Å². The minimum absolute atomic E-state index is 0.111. The smallest absolute Gasteiger partial charge is 0.309 e. The molecular weight excluding hydrogens is 255 g/mol. The van der Waals surface area contributed by atoms with Gasteiger partial charge in [0.15, 0.2) is 5.13 Å². The molecule has 0 fully saturated rings. The van der Waals surface area contributed by atoms with E-state index in [0.717, 1.165) is 5.56 Å². The van der Waals surface area contributed by atoms with Crippen molar-refractivity contribution in [1.29, 1.82) is 0 Å². The fourth-order valence-corrected chi connectivity index (χ4v) is 2.17. The molecule has 0 saturated heterocycles. The molecule has 0 bridgehead atoms. The summed E-state index contributed by atoms with van der Waals surface area (Å²) in [5, 5.41) is 13.8. The zero-order valence-electron chi connectivity index (χ0n) is 9.61. The van der Waals surface area contributed by atoms with Crippen LogP contribution in [0.2, 0.25) is 0 Å². The van der Waals surface area contributed by atoms with Crippen LogP contribution in [-0.2, 0) is 11.2 Å². The Hall–Kier alpha value is -1.95. The first-order chi connectivity index (χ1) is 8.54. The summed E-state index contributed by atoms with van der Waals surface area (Å²) < 4.78 is 13.1. The number of anilines is 2. The molecule has 1 aromatic carbocycles. The number of aliphatic carboxylic acids is 1. The van der Waals surface area contributed by atoms with Crippen molar-refractivity contribution < 1.29 is 14.3 Å². The van der Waals surface area contributed by atoms with Crippen LogP contribution < -0.4 is 5.32 Å².